The Hall–Kier alpha value is -2.69. The Balaban J connectivity index is 1.56. The molecule has 150 valence electrons. The van der Waals surface area contributed by atoms with Crippen LogP contribution < -0.4 is 10.2 Å². The Bertz CT molecular complexity index is 1010. The number of benzene rings is 1. The summed E-state index contributed by atoms with van der Waals surface area (Å²) in [5.41, 5.74) is 0.0485. The van der Waals surface area contributed by atoms with Crippen LogP contribution in [0.15, 0.2) is 30.5 Å². The average molecular weight is 439 g/mol. The third-order valence-electron chi connectivity index (χ3n) is 4.54. The van der Waals surface area contributed by atoms with Crippen molar-refractivity contribution in [1.29, 1.82) is 0 Å². The number of fused-ring (bicyclic) bond motifs is 1. The van der Waals surface area contributed by atoms with Crippen LogP contribution in [0.2, 0.25) is 5.02 Å². The van der Waals surface area contributed by atoms with E-state index in [4.69, 9.17) is 28.6 Å². The predicted octanol–water partition coefficient (Wildman–Crippen LogP) is 2.60. The minimum atomic E-state index is -1.09. The number of hydrogen-bond acceptors (Lipinski definition) is 5. The summed E-state index contributed by atoms with van der Waals surface area (Å²) in [7, 11) is 0. The normalized spacial score (nSPS) is 18.8. The van der Waals surface area contributed by atoms with Crippen LogP contribution in [-0.2, 0) is 9.53 Å². The zero-order valence-electron chi connectivity index (χ0n) is 14.7. The number of pyridine rings is 1. The van der Waals surface area contributed by atoms with Crippen molar-refractivity contribution >= 4 is 52.1 Å². The number of ether oxygens (including phenoxy) is 1. The van der Waals surface area contributed by atoms with E-state index in [1.54, 1.807) is 4.90 Å². The highest BCUT2D eigenvalue weighted by Crippen LogP contribution is 2.34. The van der Waals surface area contributed by atoms with Crippen LogP contribution in [0.5, 0.6) is 0 Å². The van der Waals surface area contributed by atoms with E-state index in [2.05, 4.69) is 10.3 Å². The van der Waals surface area contributed by atoms with Crippen LogP contribution in [0, 0.1) is 11.6 Å². The molecule has 3 heterocycles. The second kappa shape index (κ2) is 7.62. The fourth-order valence-electron chi connectivity index (χ4n) is 3.17. The molecular weight excluding hydrogens is 426 g/mol. The van der Waals surface area contributed by atoms with Gasteiger partial charge in [-0.2, -0.15) is 0 Å². The van der Waals surface area contributed by atoms with Gasteiger partial charge in [0.05, 0.1) is 30.1 Å². The third kappa shape index (κ3) is 3.54. The zero-order valence-corrected chi connectivity index (χ0v) is 16.3. The van der Waals surface area contributed by atoms with Gasteiger partial charge in [-0.25, -0.2) is 13.8 Å². The molecule has 2 fully saturated rings. The third-order valence-corrected chi connectivity index (χ3v) is 5.26. The number of nitrogens with one attached hydrogen (secondary N) is 1. The number of morpholine rings is 1. The van der Waals surface area contributed by atoms with Gasteiger partial charge in [0.1, 0.15) is 11.9 Å². The molecule has 2 saturated heterocycles. The summed E-state index contributed by atoms with van der Waals surface area (Å²) in [5, 5.41) is 2.93. The standard InChI is InChI=1S/C18H13ClF2N4O3S/c19-11-6-10(23-16(26)15-12(21)5-9(20)7-22-15)1-2-13(11)25-17(27)14-8-28-4-3-24(14)18(25)29/h1-2,5-7,14H,3-4,8H2,(H,23,26). The van der Waals surface area contributed by atoms with Crippen LogP contribution >= 0.6 is 23.8 Å². The molecule has 2 amide bonds. The molecule has 1 aromatic carbocycles. The highest BCUT2D eigenvalue weighted by Gasteiger charge is 2.45. The summed E-state index contributed by atoms with van der Waals surface area (Å²) in [4.78, 5) is 31.5. The monoisotopic (exact) mass is 438 g/mol. The Morgan fingerprint density at radius 3 is 2.83 bits per heavy atom. The lowest BCUT2D eigenvalue weighted by Gasteiger charge is -2.28. The van der Waals surface area contributed by atoms with Gasteiger partial charge in [-0.05, 0) is 30.4 Å². The van der Waals surface area contributed by atoms with E-state index < -0.39 is 29.3 Å². The van der Waals surface area contributed by atoms with Crippen molar-refractivity contribution in [2.75, 3.05) is 30.0 Å². The minimum Gasteiger partial charge on any atom is -0.377 e. The van der Waals surface area contributed by atoms with Crippen molar-refractivity contribution in [3.63, 3.8) is 0 Å². The van der Waals surface area contributed by atoms with Gasteiger partial charge in [0.15, 0.2) is 16.6 Å². The van der Waals surface area contributed by atoms with E-state index in [0.29, 0.717) is 30.0 Å². The topological polar surface area (TPSA) is 74.8 Å². The van der Waals surface area contributed by atoms with Crippen LogP contribution in [0.4, 0.5) is 20.2 Å². The Kier molecular flexibility index (Phi) is 5.15. The van der Waals surface area contributed by atoms with Crippen molar-refractivity contribution in [3.8, 4) is 0 Å². The summed E-state index contributed by atoms with van der Waals surface area (Å²) in [6, 6.07) is 4.50. The SMILES string of the molecule is O=C(Nc1ccc(N2C(=O)C3COCCN3C2=S)c(Cl)c1)c1ncc(F)cc1F. The Morgan fingerprint density at radius 1 is 1.34 bits per heavy atom. The summed E-state index contributed by atoms with van der Waals surface area (Å²) in [6.45, 7) is 1.23. The molecule has 0 saturated carbocycles. The van der Waals surface area contributed by atoms with E-state index in [1.807, 2.05) is 0 Å². The maximum Gasteiger partial charge on any atom is 0.277 e. The molecule has 1 N–H and O–H groups in total. The molecule has 1 atom stereocenters. The fraction of sp³-hybridized carbons (Fsp3) is 0.222. The molecule has 1 aromatic heterocycles. The van der Waals surface area contributed by atoms with Crippen LogP contribution in [-0.4, -0.2) is 52.6 Å². The van der Waals surface area contributed by atoms with Crippen LogP contribution in [0.1, 0.15) is 10.5 Å². The smallest absolute Gasteiger partial charge is 0.277 e. The van der Waals surface area contributed by atoms with Gasteiger partial charge in [-0.3, -0.25) is 14.5 Å². The number of aromatic nitrogens is 1. The number of halogens is 3. The van der Waals surface area contributed by atoms with Crippen molar-refractivity contribution < 1.29 is 23.1 Å². The molecule has 29 heavy (non-hydrogen) atoms. The average Bonchev–Trinajstić information content (AvgIpc) is 2.93. The first-order valence-electron chi connectivity index (χ1n) is 8.51. The molecule has 0 radical (unpaired) electrons. The van der Waals surface area contributed by atoms with Crippen molar-refractivity contribution in [2.24, 2.45) is 0 Å². The lowest BCUT2D eigenvalue weighted by Crippen LogP contribution is -2.44. The highest BCUT2D eigenvalue weighted by atomic mass is 35.5. The van der Waals surface area contributed by atoms with Gasteiger partial charge in [0.25, 0.3) is 11.8 Å². The zero-order chi connectivity index (χ0) is 20.7. The number of amides is 2. The fourth-order valence-corrected chi connectivity index (χ4v) is 3.84. The molecule has 2 aromatic rings. The molecule has 0 bridgehead atoms. The molecule has 0 aliphatic carbocycles. The van der Waals surface area contributed by atoms with Gasteiger partial charge in [-0.1, -0.05) is 11.6 Å². The van der Waals surface area contributed by atoms with Crippen LogP contribution in [0.25, 0.3) is 0 Å². The molecule has 1 unspecified atom stereocenters. The van der Waals surface area contributed by atoms with E-state index in [9.17, 15) is 18.4 Å². The second-order valence-electron chi connectivity index (χ2n) is 6.34. The van der Waals surface area contributed by atoms with Crippen molar-refractivity contribution in [3.05, 3.63) is 52.8 Å². The summed E-state index contributed by atoms with van der Waals surface area (Å²) < 4.78 is 32.0. The predicted molar refractivity (Wildman–Crippen MR) is 105 cm³/mol. The molecule has 7 nitrogen and oxygen atoms in total. The summed E-state index contributed by atoms with van der Waals surface area (Å²) >= 11 is 11.7. The van der Waals surface area contributed by atoms with E-state index in [-0.39, 0.29) is 23.2 Å². The number of nitrogens with zero attached hydrogens (tertiary/aromatic N) is 3. The summed E-state index contributed by atoms with van der Waals surface area (Å²) in [5.74, 6) is -3.09. The number of rotatable bonds is 3. The van der Waals surface area contributed by atoms with Crippen molar-refractivity contribution in [2.45, 2.75) is 6.04 Å². The van der Waals surface area contributed by atoms with Gasteiger partial charge < -0.3 is 15.0 Å². The number of carbonyl (C=O) groups is 2. The maximum atomic E-state index is 13.7. The number of thiocarbonyl (C=S) groups is 1. The van der Waals surface area contributed by atoms with E-state index in [1.165, 1.54) is 23.1 Å². The number of carbonyl (C=O) groups excluding carboxylic acids is 2. The molecule has 2 aliphatic heterocycles. The van der Waals surface area contributed by atoms with Gasteiger partial charge >= 0.3 is 0 Å². The van der Waals surface area contributed by atoms with E-state index in [0.717, 1.165) is 6.20 Å². The van der Waals surface area contributed by atoms with E-state index >= 15 is 0 Å². The highest BCUT2D eigenvalue weighted by molar-refractivity contribution is 7.80. The lowest BCUT2D eigenvalue weighted by atomic mass is 10.2. The molecule has 0 spiro atoms. The molecule has 2 aliphatic rings. The first-order valence-corrected chi connectivity index (χ1v) is 9.29. The first kappa shape index (κ1) is 19.6. The molecular formula is C18H13ClF2N4O3S. The van der Waals surface area contributed by atoms with Gasteiger partial charge in [-0.15, -0.1) is 0 Å². The van der Waals surface area contributed by atoms with Crippen LogP contribution in [0.3, 0.4) is 0 Å². The first-order chi connectivity index (χ1) is 13.9. The minimum absolute atomic E-state index is 0.159. The lowest BCUT2D eigenvalue weighted by molar-refractivity contribution is -0.123. The Labute approximate surface area is 174 Å². The maximum absolute atomic E-state index is 13.7. The number of hydrogen-bond donors (Lipinski definition) is 1. The molecule has 11 heteroatoms. The van der Waals surface area contributed by atoms with Gasteiger partial charge in [0.2, 0.25) is 0 Å². The largest absolute Gasteiger partial charge is 0.377 e. The Morgan fingerprint density at radius 2 is 2.14 bits per heavy atom. The van der Waals surface area contributed by atoms with Crippen molar-refractivity contribution in [1.82, 2.24) is 9.88 Å². The second-order valence-corrected chi connectivity index (χ2v) is 7.12. The summed E-state index contributed by atoms with van der Waals surface area (Å²) in [6.07, 6.45) is 0.743. The quantitative estimate of drug-likeness (QED) is 0.742. The van der Waals surface area contributed by atoms with Gasteiger partial charge in [0, 0.05) is 18.3 Å². The number of anilines is 2. The molecule has 4 rings (SSSR count).